The molecule has 0 bridgehead atoms. The molecule has 0 aromatic carbocycles. The van der Waals surface area contributed by atoms with Crippen molar-refractivity contribution in [2.24, 2.45) is 27.1 Å². The van der Waals surface area contributed by atoms with E-state index in [-0.39, 0.29) is 17.4 Å². The van der Waals surface area contributed by atoms with E-state index >= 15 is 4.39 Å². The second-order valence-electron chi connectivity index (χ2n) is 8.30. The second kappa shape index (κ2) is 7.77. The predicted octanol–water partition coefficient (Wildman–Crippen LogP) is 3.85. The normalized spacial score (nSPS) is 38.8. The number of amidine groups is 1. The van der Waals surface area contributed by atoms with Gasteiger partial charge in [0.15, 0.2) is 5.17 Å². The van der Waals surface area contributed by atoms with Crippen molar-refractivity contribution in [1.29, 1.82) is 0 Å². The minimum absolute atomic E-state index is 0.0361. The van der Waals surface area contributed by atoms with Gasteiger partial charge in [-0.25, -0.2) is 9.38 Å². The molecular formula is C23H28FN3OS. The number of aliphatic imine (C=N–C) groups is 2. The molecule has 4 aliphatic rings. The molecule has 29 heavy (non-hydrogen) atoms. The zero-order chi connectivity index (χ0) is 20.6. The van der Waals surface area contributed by atoms with Crippen molar-refractivity contribution in [2.45, 2.75) is 51.4 Å². The largest absolute Gasteiger partial charge is 0.379 e. The molecule has 0 aromatic heterocycles. The fourth-order valence-corrected chi connectivity index (χ4v) is 6.07. The van der Waals surface area contributed by atoms with Gasteiger partial charge in [0.2, 0.25) is 0 Å². The van der Waals surface area contributed by atoms with E-state index in [0.717, 1.165) is 23.3 Å². The highest BCUT2D eigenvalue weighted by molar-refractivity contribution is 8.13. The maximum atomic E-state index is 15.4. The van der Waals surface area contributed by atoms with Gasteiger partial charge in [-0.1, -0.05) is 49.8 Å². The van der Waals surface area contributed by atoms with E-state index in [0.29, 0.717) is 30.3 Å². The van der Waals surface area contributed by atoms with Crippen LogP contribution in [0.3, 0.4) is 0 Å². The van der Waals surface area contributed by atoms with E-state index in [9.17, 15) is 0 Å². The first kappa shape index (κ1) is 20.4. The maximum Gasteiger partial charge on any atom is 0.154 e. The van der Waals surface area contributed by atoms with Crippen molar-refractivity contribution in [2.75, 3.05) is 18.9 Å². The number of hydrogen-bond donors (Lipinski definition) is 1. The van der Waals surface area contributed by atoms with Crippen LogP contribution in [-0.2, 0) is 4.74 Å². The molecule has 5 unspecified atom stereocenters. The predicted molar refractivity (Wildman–Crippen MR) is 119 cm³/mol. The van der Waals surface area contributed by atoms with Crippen LogP contribution in [0.15, 0.2) is 44.9 Å². The van der Waals surface area contributed by atoms with Crippen LogP contribution in [-0.4, -0.2) is 48.1 Å². The van der Waals surface area contributed by atoms with Gasteiger partial charge < -0.3 is 10.5 Å². The highest BCUT2D eigenvalue weighted by Gasteiger charge is 2.63. The Hall–Kier alpha value is -1.84. The smallest absolute Gasteiger partial charge is 0.154 e. The number of dihydropyridines is 1. The number of halogens is 1. The number of fused-ring (bicyclic) bond motifs is 1. The Morgan fingerprint density at radius 1 is 1.41 bits per heavy atom. The molecule has 1 aliphatic carbocycles. The Balaban J connectivity index is 1.78. The number of nitrogens with zero attached hydrogens (tertiary/aromatic N) is 2. The molecule has 1 fully saturated rings. The first-order valence-electron chi connectivity index (χ1n) is 10.2. The van der Waals surface area contributed by atoms with Gasteiger partial charge in [0, 0.05) is 23.8 Å². The van der Waals surface area contributed by atoms with Crippen LogP contribution in [0.5, 0.6) is 0 Å². The number of thioether (sulfide) groups is 1. The molecule has 3 heterocycles. The van der Waals surface area contributed by atoms with Crippen LogP contribution >= 0.6 is 11.8 Å². The van der Waals surface area contributed by atoms with Crippen molar-refractivity contribution in [3.63, 3.8) is 0 Å². The number of rotatable bonds is 3. The molecule has 0 saturated carbocycles. The lowest BCUT2D eigenvalue weighted by Gasteiger charge is -2.47. The number of hydrogen-bond acceptors (Lipinski definition) is 5. The van der Waals surface area contributed by atoms with Crippen LogP contribution in [0.1, 0.15) is 33.6 Å². The van der Waals surface area contributed by atoms with Gasteiger partial charge in [-0.15, -0.1) is 5.92 Å². The number of ether oxygens (including phenoxy) is 1. The molecule has 3 aliphatic heterocycles. The third-order valence-corrected chi connectivity index (χ3v) is 7.72. The molecule has 0 spiro atoms. The van der Waals surface area contributed by atoms with Gasteiger partial charge in [0.05, 0.1) is 25.2 Å². The third kappa shape index (κ3) is 3.29. The summed E-state index contributed by atoms with van der Waals surface area (Å²) in [6.07, 6.45) is 8.08. The van der Waals surface area contributed by atoms with E-state index in [1.165, 1.54) is 0 Å². The molecule has 154 valence electrons. The molecule has 5 atom stereocenters. The Kier molecular flexibility index (Phi) is 5.48. The number of alkyl halides is 1. The van der Waals surface area contributed by atoms with Gasteiger partial charge in [0.1, 0.15) is 11.7 Å². The standard InChI is InChI=1S/C23H28FN3OS/c1-4-6-15-9-17(12-26-11-15)16-7-8-19(24)18(10-16)23-13-28-20(5-2)22(23,3)14-29-21(25)27-23/h7,9-10,12,15,19-20H,5,8,11,13-14H2,1-3H3,(H2,25,27). The number of allylic oxidation sites excluding steroid dienone is 4. The van der Waals surface area contributed by atoms with E-state index in [2.05, 4.69) is 36.8 Å². The molecule has 4 rings (SSSR count). The van der Waals surface area contributed by atoms with Crippen LogP contribution in [0.25, 0.3) is 0 Å². The average Bonchev–Trinajstić information content (AvgIpc) is 3.01. The van der Waals surface area contributed by atoms with Crippen LogP contribution in [0, 0.1) is 23.2 Å². The fourth-order valence-electron chi connectivity index (χ4n) is 4.97. The maximum absolute atomic E-state index is 15.4. The Bertz CT molecular complexity index is 909. The Labute approximate surface area is 176 Å². The van der Waals surface area contributed by atoms with Gasteiger partial charge in [-0.2, -0.15) is 0 Å². The van der Waals surface area contributed by atoms with E-state index in [1.54, 1.807) is 11.8 Å². The summed E-state index contributed by atoms with van der Waals surface area (Å²) in [5, 5.41) is 0.517. The summed E-state index contributed by atoms with van der Waals surface area (Å²) in [6.45, 7) is 7.18. The van der Waals surface area contributed by atoms with Gasteiger partial charge in [-0.05, 0) is 30.1 Å². The summed E-state index contributed by atoms with van der Waals surface area (Å²) in [6, 6.07) is 0. The quantitative estimate of drug-likeness (QED) is 0.715. The van der Waals surface area contributed by atoms with Crippen molar-refractivity contribution < 1.29 is 9.13 Å². The third-order valence-electron chi connectivity index (χ3n) is 6.59. The fraction of sp³-hybridized carbons (Fsp3) is 0.565. The first-order valence-corrected chi connectivity index (χ1v) is 11.2. The average molecular weight is 414 g/mol. The second-order valence-corrected chi connectivity index (χ2v) is 9.30. The lowest BCUT2D eigenvalue weighted by molar-refractivity contribution is 0.0621. The minimum Gasteiger partial charge on any atom is -0.379 e. The highest BCUT2D eigenvalue weighted by atomic mass is 32.2. The monoisotopic (exact) mass is 413 g/mol. The van der Waals surface area contributed by atoms with E-state index in [4.69, 9.17) is 15.5 Å². The summed E-state index contributed by atoms with van der Waals surface area (Å²) in [7, 11) is 0. The van der Waals surface area contributed by atoms with Gasteiger partial charge in [-0.3, -0.25) is 4.99 Å². The van der Waals surface area contributed by atoms with E-state index < -0.39 is 11.7 Å². The van der Waals surface area contributed by atoms with Gasteiger partial charge in [0.25, 0.3) is 0 Å². The van der Waals surface area contributed by atoms with E-state index in [1.807, 2.05) is 25.3 Å². The molecule has 2 N–H and O–H groups in total. The SMILES string of the molecule is CC#CC1C=C(C2=CCC(F)C(C34COC(CC)C3(C)CSC(N)=N4)=C2)C=NC1. The molecule has 0 aromatic rings. The highest BCUT2D eigenvalue weighted by Crippen LogP contribution is 2.56. The summed E-state index contributed by atoms with van der Waals surface area (Å²) < 4.78 is 21.5. The van der Waals surface area contributed by atoms with Crippen molar-refractivity contribution in [3.05, 3.63) is 34.9 Å². The Morgan fingerprint density at radius 2 is 2.24 bits per heavy atom. The zero-order valence-corrected chi connectivity index (χ0v) is 18.1. The molecule has 1 saturated heterocycles. The summed E-state index contributed by atoms with van der Waals surface area (Å²) in [5.41, 5.74) is 7.78. The van der Waals surface area contributed by atoms with Crippen LogP contribution < -0.4 is 5.73 Å². The number of nitrogens with two attached hydrogens (primary N) is 1. The molecule has 0 amide bonds. The summed E-state index contributed by atoms with van der Waals surface area (Å²) in [4.78, 5) is 9.34. The lowest BCUT2D eigenvalue weighted by Crippen LogP contribution is -2.55. The zero-order valence-electron chi connectivity index (χ0n) is 17.2. The van der Waals surface area contributed by atoms with Gasteiger partial charge >= 0.3 is 0 Å². The molecular weight excluding hydrogens is 385 g/mol. The lowest BCUT2D eigenvalue weighted by atomic mass is 9.64. The topological polar surface area (TPSA) is 60.0 Å². The van der Waals surface area contributed by atoms with Crippen LogP contribution in [0.4, 0.5) is 4.39 Å². The summed E-state index contributed by atoms with van der Waals surface area (Å²) in [5.74, 6) is 7.02. The molecule has 4 nitrogen and oxygen atoms in total. The molecule has 0 radical (unpaired) electrons. The first-order chi connectivity index (χ1) is 13.9. The minimum atomic E-state index is -1.09. The summed E-state index contributed by atoms with van der Waals surface area (Å²) >= 11 is 1.55. The van der Waals surface area contributed by atoms with Crippen molar-refractivity contribution >= 4 is 23.1 Å². The Morgan fingerprint density at radius 3 is 3.00 bits per heavy atom. The van der Waals surface area contributed by atoms with Crippen molar-refractivity contribution in [3.8, 4) is 11.8 Å². The van der Waals surface area contributed by atoms with Crippen molar-refractivity contribution in [1.82, 2.24) is 0 Å². The van der Waals surface area contributed by atoms with Crippen LogP contribution in [0.2, 0.25) is 0 Å². The molecule has 6 heteroatoms.